The summed E-state index contributed by atoms with van der Waals surface area (Å²) in [6, 6.07) is 17.8. The number of thiophene rings is 1. The fraction of sp³-hybridized carbons (Fsp3) is 0.217. The maximum Gasteiger partial charge on any atom is 0.341 e. The Bertz CT molecular complexity index is 966. The quantitative estimate of drug-likeness (QED) is 0.534. The fourth-order valence-electron chi connectivity index (χ4n) is 2.89. The molecule has 0 fully saturated rings. The van der Waals surface area contributed by atoms with Gasteiger partial charge in [-0.2, -0.15) is 0 Å². The van der Waals surface area contributed by atoms with E-state index in [1.165, 1.54) is 11.3 Å². The summed E-state index contributed by atoms with van der Waals surface area (Å²) >= 11 is 1.33. The summed E-state index contributed by atoms with van der Waals surface area (Å²) in [5.74, 6) is -0.638. The van der Waals surface area contributed by atoms with E-state index in [1.807, 2.05) is 66.9 Å². The molecule has 5 nitrogen and oxygen atoms in total. The van der Waals surface area contributed by atoms with Crippen LogP contribution >= 0.6 is 11.3 Å². The third-order valence-electron chi connectivity index (χ3n) is 4.34. The van der Waals surface area contributed by atoms with Crippen LogP contribution in [-0.2, 0) is 16.1 Å². The Morgan fingerprint density at radius 1 is 1.03 bits per heavy atom. The normalized spacial score (nSPS) is 10.6. The first kappa shape index (κ1) is 20.8. The Labute approximate surface area is 174 Å². The molecule has 2 N–H and O–H groups in total. The number of esters is 1. The minimum atomic E-state index is -0.433. The van der Waals surface area contributed by atoms with Crippen molar-refractivity contribution in [1.29, 1.82) is 0 Å². The highest BCUT2D eigenvalue weighted by atomic mass is 32.1. The van der Waals surface area contributed by atoms with Gasteiger partial charge in [0.25, 0.3) is 0 Å². The Morgan fingerprint density at radius 2 is 1.76 bits per heavy atom. The van der Waals surface area contributed by atoms with Crippen LogP contribution in [0.3, 0.4) is 0 Å². The van der Waals surface area contributed by atoms with Crippen molar-refractivity contribution in [1.82, 2.24) is 5.32 Å². The lowest BCUT2D eigenvalue weighted by Gasteiger charge is -2.09. The molecule has 3 rings (SSSR count). The second kappa shape index (κ2) is 10.0. The fourth-order valence-corrected chi connectivity index (χ4v) is 3.86. The van der Waals surface area contributed by atoms with E-state index in [9.17, 15) is 9.59 Å². The minimum absolute atomic E-state index is 0.148. The molecule has 2 aromatic carbocycles. The van der Waals surface area contributed by atoms with Crippen molar-refractivity contribution in [3.63, 3.8) is 0 Å². The first-order chi connectivity index (χ1) is 14.1. The van der Waals surface area contributed by atoms with Gasteiger partial charge >= 0.3 is 5.97 Å². The van der Waals surface area contributed by atoms with Gasteiger partial charge in [-0.25, -0.2) is 4.79 Å². The van der Waals surface area contributed by atoms with E-state index in [-0.39, 0.29) is 19.1 Å². The second-order valence-corrected chi connectivity index (χ2v) is 7.46. The Kier molecular flexibility index (Phi) is 7.16. The predicted octanol–water partition coefficient (Wildman–Crippen LogP) is 4.63. The highest BCUT2D eigenvalue weighted by Crippen LogP contribution is 2.36. The summed E-state index contributed by atoms with van der Waals surface area (Å²) in [7, 11) is 0. The van der Waals surface area contributed by atoms with Gasteiger partial charge in [-0.1, -0.05) is 60.2 Å². The summed E-state index contributed by atoms with van der Waals surface area (Å²) in [5, 5.41) is 8.35. The average molecular weight is 409 g/mol. The monoisotopic (exact) mass is 408 g/mol. The van der Waals surface area contributed by atoms with E-state index in [0.29, 0.717) is 17.1 Å². The maximum absolute atomic E-state index is 12.6. The van der Waals surface area contributed by atoms with E-state index in [4.69, 9.17) is 4.74 Å². The van der Waals surface area contributed by atoms with Gasteiger partial charge < -0.3 is 15.4 Å². The molecule has 0 bridgehead atoms. The lowest BCUT2D eigenvalue weighted by Crippen LogP contribution is -2.28. The molecule has 29 heavy (non-hydrogen) atoms. The van der Waals surface area contributed by atoms with E-state index in [0.717, 1.165) is 22.3 Å². The molecule has 0 saturated carbocycles. The Morgan fingerprint density at radius 3 is 2.45 bits per heavy atom. The predicted molar refractivity (Wildman–Crippen MR) is 117 cm³/mol. The zero-order chi connectivity index (χ0) is 20.6. The molecular formula is C23H24N2O3S. The van der Waals surface area contributed by atoms with E-state index >= 15 is 0 Å². The van der Waals surface area contributed by atoms with Crippen molar-refractivity contribution in [3.05, 3.63) is 76.7 Å². The SMILES string of the molecule is CCOC(=O)c1c(-c2ccc(C)cc2)csc1NC(=O)CNCc1ccccc1. The van der Waals surface area contributed by atoms with Crippen molar-refractivity contribution in [2.45, 2.75) is 20.4 Å². The molecule has 1 heterocycles. The number of benzene rings is 2. The summed E-state index contributed by atoms with van der Waals surface area (Å²) < 4.78 is 5.23. The van der Waals surface area contributed by atoms with Gasteiger partial charge in [0.05, 0.1) is 13.2 Å². The molecule has 0 radical (unpaired) electrons. The van der Waals surface area contributed by atoms with Crippen LogP contribution < -0.4 is 10.6 Å². The van der Waals surface area contributed by atoms with Crippen molar-refractivity contribution >= 4 is 28.2 Å². The number of hydrogen-bond acceptors (Lipinski definition) is 5. The number of rotatable bonds is 8. The number of carbonyl (C=O) groups excluding carboxylic acids is 2. The number of carbonyl (C=O) groups is 2. The molecule has 0 aliphatic carbocycles. The zero-order valence-corrected chi connectivity index (χ0v) is 17.3. The molecule has 0 saturated heterocycles. The minimum Gasteiger partial charge on any atom is -0.462 e. The van der Waals surface area contributed by atoms with Gasteiger partial charge in [0.1, 0.15) is 10.6 Å². The van der Waals surface area contributed by atoms with Gasteiger partial charge in [0.15, 0.2) is 0 Å². The largest absolute Gasteiger partial charge is 0.462 e. The van der Waals surface area contributed by atoms with Gasteiger partial charge in [-0.3, -0.25) is 4.79 Å². The molecule has 3 aromatic rings. The second-order valence-electron chi connectivity index (χ2n) is 6.58. The van der Waals surface area contributed by atoms with Crippen molar-refractivity contribution in [2.75, 3.05) is 18.5 Å². The summed E-state index contributed by atoms with van der Waals surface area (Å²) in [5.41, 5.74) is 4.32. The third kappa shape index (κ3) is 5.53. The number of anilines is 1. The van der Waals surface area contributed by atoms with Crippen molar-refractivity contribution < 1.29 is 14.3 Å². The summed E-state index contributed by atoms with van der Waals surface area (Å²) in [6.07, 6.45) is 0. The topological polar surface area (TPSA) is 67.4 Å². The lowest BCUT2D eigenvalue weighted by molar-refractivity contribution is -0.115. The van der Waals surface area contributed by atoms with Gasteiger partial charge in [-0.15, -0.1) is 11.3 Å². The average Bonchev–Trinajstić information content (AvgIpc) is 3.13. The van der Waals surface area contributed by atoms with E-state index < -0.39 is 5.97 Å². The molecule has 0 aliphatic rings. The first-order valence-electron chi connectivity index (χ1n) is 9.48. The maximum atomic E-state index is 12.6. The van der Waals surface area contributed by atoms with E-state index in [2.05, 4.69) is 10.6 Å². The molecule has 6 heteroatoms. The molecule has 0 atom stereocenters. The molecule has 0 aliphatic heterocycles. The third-order valence-corrected chi connectivity index (χ3v) is 5.24. The molecular weight excluding hydrogens is 384 g/mol. The highest BCUT2D eigenvalue weighted by molar-refractivity contribution is 7.15. The van der Waals surface area contributed by atoms with Crippen molar-refractivity contribution in [3.8, 4) is 11.1 Å². The molecule has 0 unspecified atom stereocenters. The van der Waals surface area contributed by atoms with Gasteiger partial charge in [-0.05, 0) is 25.0 Å². The Hall–Kier alpha value is -2.96. The summed E-state index contributed by atoms with van der Waals surface area (Å²) in [6.45, 7) is 4.79. The van der Waals surface area contributed by atoms with Crippen molar-refractivity contribution in [2.24, 2.45) is 0 Å². The molecule has 1 aromatic heterocycles. The van der Waals surface area contributed by atoms with Crippen LogP contribution in [0.25, 0.3) is 11.1 Å². The van der Waals surface area contributed by atoms with Crippen LogP contribution in [0.4, 0.5) is 5.00 Å². The number of ether oxygens (including phenoxy) is 1. The summed E-state index contributed by atoms with van der Waals surface area (Å²) in [4.78, 5) is 25.0. The van der Waals surface area contributed by atoms with E-state index in [1.54, 1.807) is 6.92 Å². The number of amides is 1. The number of hydrogen-bond donors (Lipinski definition) is 2. The molecule has 0 spiro atoms. The number of aryl methyl sites for hydroxylation is 1. The van der Waals surface area contributed by atoms with Crippen LogP contribution in [0.2, 0.25) is 0 Å². The van der Waals surface area contributed by atoms with Crippen LogP contribution in [0.1, 0.15) is 28.4 Å². The first-order valence-corrected chi connectivity index (χ1v) is 10.4. The molecule has 150 valence electrons. The lowest BCUT2D eigenvalue weighted by atomic mass is 10.0. The van der Waals surface area contributed by atoms with Crippen LogP contribution in [0, 0.1) is 6.92 Å². The van der Waals surface area contributed by atoms with Crippen LogP contribution in [0.5, 0.6) is 0 Å². The Balaban J connectivity index is 1.73. The molecule has 1 amide bonds. The van der Waals surface area contributed by atoms with Crippen LogP contribution in [0.15, 0.2) is 60.0 Å². The standard InChI is InChI=1S/C23H24N2O3S/c1-3-28-23(27)21-19(18-11-9-16(2)10-12-18)15-29-22(21)25-20(26)14-24-13-17-7-5-4-6-8-17/h4-12,15,24H,3,13-14H2,1-2H3,(H,25,26). The highest BCUT2D eigenvalue weighted by Gasteiger charge is 2.22. The zero-order valence-electron chi connectivity index (χ0n) is 16.5. The van der Waals surface area contributed by atoms with Gasteiger partial charge in [0, 0.05) is 17.5 Å². The van der Waals surface area contributed by atoms with Crippen LogP contribution in [-0.4, -0.2) is 25.0 Å². The number of nitrogens with one attached hydrogen (secondary N) is 2. The van der Waals surface area contributed by atoms with Gasteiger partial charge in [0.2, 0.25) is 5.91 Å². The smallest absolute Gasteiger partial charge is 0.341 e.